The van der Waals surface area contributed by atoms with Crippen LogP contribution in [0.5, 0.6) is 0 Å². The molecule has 0 fully saturated rings. The highest BCUT2D eigenvalue weighted by molar-refractivity contribution is 6.35. The van der Waals surface area contributed by atoms with E-state index in [4.69, 9.17) is 17.3 Å². The zero-order chi connectivity index (χ0) is 11.9. The fraction of sp³-hybridized carbons (Fsp3) is 0.250. The van der Waals surface area contributed by atoms with Crippen LogP contribution in [0.3, 0.4) is 0 Å². The molecule has 0 bridgehead atoms. The Bertz CT molecular complexity index is 552. The molecule has 1 unspecified atom stereocenters. The van der Waals surface area contributed by atoms with Crippen LogP contribution in [0.4, 0.5) is 4.39 Å². The summed E-state index contributed by atoms with van der Waals surface area (Å²) in [5.41, 5.74) is 7.96. The maximum atomic E-state index is 13.4. The minimum Gasteiger partial charge on any atom is -0.324 e. The average Bonchev–Trinajstić information content (AvgIpc) is 2.18. The van der Waals surface area contributed by atoms with E-state index in [0.29, 0.717) is 21.5 Å². The number of hydrogen-bond acceptors (Lipinski definition) is 2. The number of benzene rings is 1. The van der Waals surface area contributed by atoms with Gasteiger partial charge in [-0.1, -0.05) is 11.6 Å². The number of rotatable bonds is 1. The second-order valence-corrected chi connectivity index (χ2v) is 4.33. The van der Waals surface area contributed by atoms with Crippen LogP contribution < -0.4 is 5.73 Å². The topological polar surface area (TPSA) is 38.9 Å². The van der Waals surface area contributed by atoms with Gasteiger partial charge in [0, 0.05) is 17.1 Å². The van der Waals surface area contributed by atoms with Crippen LogP contribution >= 0.6 is 11.6 Å². The fourth-order valence-corrected chi connectivity index (χ4v) is 2.05. The highest BCUT2D eigenvalue weighted by Gasteiger charge is 2.12. The summed E-state index contributed by atoms with van der Waals surface area (Å²) < 4.78 is 13.4. The van der Waals surface area contributed by atoms with Gasteiger partial charge in [0.05, 0.1) is 10.5 Å². The number of aryl methyl sites for hydroxylation is 1. The second kappa shape index (κ2) is 4.00. The number of aromatic nitrogens is 1. The molecular formula is C12H12ClFN2. The molecule has 1 atom stereocenters. The van der Waals surface area contributed by atoms with E-state index in [-0.39, 0.29) is 11.9 Å². The molecule has 2 N–H and O–H groups in total. The molecule has 0 amide bonds. The molecule has 1 heterocycles. The molecule has 0 aliphatic heterocycles. The van der Waals surface area contributed by atoms with Crippen LogP contribution in [0, 0.1) is 12.7 Å². The van der Waals surface area contributed by atoms with Crippen molar-refractivity contribution >= 4 is 22.5 Å². The van der Waals surface area contributed by atoms with Crippen LogP contribution in [-0.2, 0) is 0 Å². The van der Waals surface area contributed by atoms with Crippen molar-refractivity contribution < 1.29 is 4.39 Å². The third-order valence-electron chi connectivity index (χ3n) is 2.48. The van der Waals surface area contributed by atoms with Gasteiger partial charge in [0.1, 0.15) is 5.82 Å². The fourth-order valence-electron chi connectivity index (χ4n) is 1.74. The van der Waals surface area contributed by atoms with Gasteiger partial charge in [-0.05, 0) is 37.6 Å². The molecule has 4 heteroatoms. The molecule has 2 nitrogen and oxygen atoms in total. The Hall–Kier alpha value is -1.19. The van der Waals surface area contributed by atoms with Gasteiger partial charge in [-0.25, -0.2) is 4.39 Å². The minimum atomic E-state index is -0.340. The predicted molar refractivity (Wildman–Crippen MR) is 64.1 cm³/mol. The molecule has 0 aliphatic rings. The third kappa shape index (κ3) is 1.88. The number of nitrogens with zero attached hydrogens (tertiary/aromatic N) is 1. The largest absolute Gasteiger partial charge is 0.324 e. The normalized spacial score (nSPS) is 13.1. The molecule has 84 valence electrons. The van der Waals surface area contributed by atoms with Gasteiger partial charge in [-0.3, -0.25) is 4.98 Å². The minimum absolute atomic E-state index is 0.274. The Morgan fingerprint density at radius 1 is 1.38 bits per heavy atom. The van der Waals surface area contributed by atoms with Crippen LogP contribution in [0.25, 0.3) is 10.9 Å². The Labute approximate surface area is 98.2 Å². The van der Waals surface area contributed by atoms with E-state index < -0.39 is 0 Å². The first-order chi connectivity index (χ1) is 7.49. The molecule has 0 saturated carbocycles. The molecule has 1 aromatic carbocycles. The first-order valence-corrected chi connectivity index (χ1v) is 5.38. The SMILES string of the molecule is Cc1cc(Cl)c2cc(F)cc(C(C)N)c2n1. The lowest BCUT2D eigenvalue weighted by atomic mass is 10.0. The average molecular weight is 239 g/mol. The van der Waals surface area contributed by atoms with Crippen LogP contribution in [0.15, 0.2) is 18.2 Å². The molecule has 0 radical (unpaired) electrons. The van der Waals surface area contributed by atoms with Crippen molar-refractivity contribution in [2.75, 3.05) is 0 Å². The van der Waals surface area contributed by atoms with Crippen LogP contribution in [-0.4, -0.2) is 4.98 Å². The van der Waals surface area contributed by atoms with Crippen molar-refractivity contribution in [2.45, 2.75) is 19.9 Å². The maximum absolute atomic E-state index is 13.4. The van der Waals surface area contributed by atoms with Gasteiger partial charge in [0.15, 0.2) is 0 Å². The maximum Gasteiger partial charge on any atom is 0.124 e. The van der Waals surface area contributed by atoms with Crippen molar-refractivity contribution in [2.24, 2.45) is 5.73 Å². The lowest BCUT2D eigenvalue weighted by molar-refractivity contribution is 0.624. The van der Waals surface area contributed by atoms with Crippen LogP contribution in [0.2, 0.25) is 5.02 Å². The summed E-state index contributed by atoms with van der Waals surface area (Å²) in [6.07, 6.45) is 0. The van der Waals surface area contributed by atoms with E-state index in [9.17, 15) is 4.39 Å². The summed E-state index contributed by atoms with van der Waals surface area (Å²) in [4.78, 5) is 4.37. The van der Waals surface area contributed by atoms with Crippen molar-refractivity contribution in [3.63, 3.8) is 0 Å². The molecule has 1 aromatic heterocycles. The summed E-state index contributed by atoms with van der Waals surface area (Å²) in [5, 5.41) is 1.11. The Morgan fingerprint density at radius 2 is 2.06 bits per heavy atom. The number of hydrogen-bond donors (Lipinski definition) is 1. The third-order valence-corrected chi connectivity index (χ3v) is 2.79. The summed E-state index contributed by atoms with van der Waals surface area (Å²) in [7, 11) is 0. The van der Waals surface area contributed by atoms with Crippen molar-refractivity contribution in [1.29, 1.82) is 0 Å². The van der Waals surface area contributed by atoms with Crippen molar-refractivity contribution in [1.82, 2.24) is 4.98 Å². The molecule has 0 aliphatic carbocycles. The Balaban J connectivity index is 2.89. The molecular weight excluding hydrogens is 227 g/mol. The monoisotopic (exact) mass is 238 g/mol. The number of halogens is 2. The van der Waals surface area contributed by atoms with E-state index in [1.165, 1.54) is 12.1 Å². The Morgan fingerprint density at radius 3 is 2.69 bits per heavy atom. The zero-order valence-corrected chi connectivity index (χ0v) is 9.85. The molecule has 0 spiro atoms. The van der Waals surface area contributed by atoms with E-state index in [1.54, 1.807) is 13.0 Å². The van der Waals surface area contributed by atoms with Crippen molar-refractivity contribution in [3.05, 3.63) is 40.3 Å². The first-order valence-electron chi connectivity index (χ1n) is 5.01. The number of pyridine rings is 1. The molecule has 2 rings (SSSR count). The van der Waals surface area contributed by atoms with E-state index >= 15 is 0 Å². The molecule has 0 saturated heterocycles. The van der Waals surface area contributed by atoms with E-state index in [1.807, 2.05) is 6.92 Å². The van der Waals surface area contributed by atoms with E-state index in [0.717, 1.165) is 5.69 Å². The van der Waals surface area contributed by atoms with Gasteiger partial charge in [0.25, 0.3) is 0 Å². The highest BCUT2D eigenvalue weighted by atomic mass is 35.5. The van der Waals surface area contributed by atoms with Gasteiger partial charge in [-0.15, -0.1) is 0 Å². The molecule has 16 heavy (non-hydrogen) atoms. The van der Waals surface area contributed by atoms with Gasteiger partial charge in [-0.2, -0.15) is 0 Å². The standard InChI is InChI=1S/C12H12ClFN2/c1-6-3-11(13)10-5-8(14)4-9(7(2)15)12(10)16-6/h3-5,7H,15H2,1-2H3. The summed E-state index contributed by atoms with van der Waals surface area (Å²) >= 11 is 6.06. The van der Waals surface area contributed by atoms with Crippen LogP contribution in [0.1, 0.15) is 24.2 Å². The smallest absolute Gasteiger partial charge is 0.124 e. The summed E-state index contributed by atoms with van der Waals surface area (Å²) in [6, 6.07) is 4.24. The lowest BCUT2D eigenvalue weighted by Crippen LogP contribution is -2.07. The quantitative estimate of drug-likeness (QED) is 0.828. The van der Waals surface area contributed by atoms with Gasteiger partial charge < -0.3 is 5.73 Å². The summed E-state index contributed by atoms with van der Waals surface area (Å²) in [5.74, 6) is -0.340. The number of fused-ring (bicyclic) bond motifs is 1. The summed E-state index contributed by atoms with van der Waals surface area (Å²) in [6.45, 7) is 3.64. The molecule has 2 aromatic rings. The predicted octanol–water partition coefficient (Wildman–Crippen LogP) is 3.36. The first kappa shape index (κ1) is 11.3. The Kier molecular flexibility index (Phi) is 2.82. The van der Waals surface area contributed by atoms with Gasteiger partial charge in [0.2, 0.25) is 0 Å². The lowest BCUT2D eigenvalue weighted by Gasteiger charge is -2.11. The van der Waals surface area contributed by atoms with Crippen molar-refractivity contribution in [3.8, 4) is 0 Å². The number of nitrogens with two attached hydrogens (primary N) is 1. The highest BCUT2D eigenvalue weighted by Crippen LogP contribution is 2.29. The zero-order valence-electron chi connectivity index (χ0n) is 9.09. The second-order valence-electron chi connectivity index (χ2n) is 3.93. The van der Waals surface area contributed by atoms with Gasteiger partial charge >= 0.3 is 0 Å². The van der Waals surface area contributed by atoms with E-state index in [2.05, 4.69) is 4.98 Å².